The van der Waals surface area contributed by atoms with Gasteiger partial charge in [0.1, 0.15) is 0 Å². The molecule has 1 fully saturated rings. The lowest BCUT2D eigenvalue weighted by molar-refractivity contribution is -0.0285. The zero-order valence-electron chi connectivity index (χ0n) is 13.0. The minimum absolute atomic E-state index is 0.488. The van der Waals surface area contributed by atoms with Crippen LogP contribution in [0.2, 0.25) is 0 Å². The first-order chi connectivity index (χ1) is 9.56. The largest absolute Gasteiger partial charge is 0.509 e. The normalized spacial score (nSPS) is 38.2. The molecule has 0 N–H and O–H groups in total. The first kappa shape index (κ1) is 15.4. The van der Waals surface area contributed by atoms with Gasteiger partial charge in [0.25, 0.3) is 0 Å². The van der Waals surface area contributed by atoms with E-state index in [1.165, 1.54) is 38.5 Å². The molecule has 2 rings (SSSR count). The molecule has 0 unspecified atom stereocenters. The molecule has 0 bridgehead atoms. The van der Waals surface area contributed by atoms with E-state index in [2.05, 4.69) is 12.2 Å². The summed E-state index contributed by atoms with van der Waals surface area (Å²) >= 11 is 0. The molecule has 2 atom stereocenters. The summed E-state index contributed by atoms with van der Waals surface area (Å²) in [5.74, 6) is 0. The van der Waals surface area contributed by atoms with Gasteiger partial charge in [-0.25, -0.2) is 4.79 Å². The maximum Gasteiger partial charge on any atom is 0.509 e. The van der Waals surface area contributed by atoms with E-state index in [1.54, 1.807) is 0 Å². The van der Waals surface area contributed by atoms with E-state index in [4.69, 9.17) is 9.47 Å². The third kappa shape index (κ3) is 3.56. The number of carbonyl (C=O) groups is 1. The highest BCUT2D eigenvalue weighted by molar-refractivity contribution is 5.64. The Hall–Kier alpha value is -0.990. The number of hydrogen-bond acceptors (Lipinski definition) is 3. The molecule has 3 nitrogen and oxygen atoms in total. The summed E-state index contributed by atoms with van der Waals surface area (Å²) in [5.41, 5.74) is -1.01. The smallest absolute Gasteiger partial charge is 0.424 e. The van der Waals surface area contributed by atoms with Gasteiger partial charge in [0, 0.05) is 6.42 Å². The Labute approximate surface area is 122 Å². The summed E-state index contributed by atoms with van der Waals surface area (Å²) in [6.45, 7) is 4.03. The predicted octanol–water partition coefficient (Wildman–Crippen LogP) is 5.14. The lowest BCUT2D eigenvalue weighted by atomic mass is 9.79. The molecule has 114 valence electrons. The lowest BCUT2D eigenvalue weighted by Gasteiger charge is -2.35. The van der Waals surface area contributed by atoms with Crippen LogP contribution in [0, 0.1) is 0 Å². The molecule has 20 heavy (non-hydrogen) atoms. The van der Waals surface area contributed by atoms with Crippen molar-refractivity contribution in [2.75, 3.05) is 0 Å². The minimum atomic E-state index is -0.523. The maximum absolute atomic E-state index is 11.6. The Balaban J connectivity index is 2.06. The van der Waals surface area contributed by atoms with E-state index in [-0.39, 0.29) is 0 Å². The molecule has 1 saturated heterocycles. The van der Waals surface area contributed by atoms with Crippen LogP contribution in [-0.4, -0.2) is 17.4 Å². The average molecular weight is 280 g/mol. The molecule has 0 aromatic heterocycles. The highest BCUT2D eigenvalue weighted by Crippen LogP contribution is 2.43. The van der Waals surface area contributed by atoms with Gasteiger partial charge < -0.3 is 9.47 Å². The zero-order valence-corrected chi connectivity index (χ0v) is 13.0. The molecular weight excluding hydrogens is 252 g/mol. The second kappa shape index (κ2) is 6.64. The van der Waals surface area contributed by atoms with Gasteiger partial charge in [-0.3, -0.25) is 0 Å². The third-order valence-corrected chi connectivity index (χ3v) is 4.93. The average Bonchev–Trinajstić information content (AvgIpc) is 2.60. The number of rotatable bonds is 0. The van der Waals surface area contributed by atoms with Gasteiger partial charge in [0.15, 0.2) is 11.2 Å². The molecule has 1 aliphatic carbocycles. The number of carbonyl (C=O) groups excluding carboxylic acids is 1. The monoisotopic (exact) mass is 280 g/mol. The first-order valence-corrected chi connectivity index (χ1v) is 8.13. The highest BCUT2D eigenvalue weighted by atomic mass is 16.8. The number of allylic oxidation sites excluding steroid dienone is 1. The molecule has 0 aromatic carbocycles. The van der Waals surface area contributed by atoms with Crippen LogP contribution in [0.25, 0.3) is 0 Å². The number of hydrogen-bond donors (Lipinski definition) is 0. The minimum Gasteiger partial charge on any atom is -0.424 e. The van der Waals surface area contributed by atoms with E-state index < -0.39 is 17.4 Å². The van der Waals surface area contributed by atoms with Gasteiger partial charge in [-0.2, -0.15) is 0 Å². The quantitative estimate of drug-likeness (QED) is 0.455. The van der Waals surface area contributed by atoms with Crippen molar-refractivity contribution in [3.63, 3.8) is 0 Å². The van der Waals surface area contributed by atoms with Crippen LogP contribution in [0.1, 0.15) is 78.1 Å². The van der Waals surface area contributed by atoms with E-state index >= 15 is 0 Å². The molecule has 3 heteroatoms. The molecule has 0 spiro atoms. The molecular formula is C17H28O3. The number of fused-ring (bicyclic) bond motifs is 1. The van der Waals surface area contributed by atoms with Gasteiger partial charge in [-0.05, 0) is 39.5 Å². The van der Waals surface area contributed by atoms with Gasteiger partial charge in [0.05, 0.1) is 0 Å². The second-order valence-electron chi connectivity index (χ2n) is 6.60. The Kier molecular flexibility index (Phi) is 5.11. The first-order valence-electron chi connectivity index (χ1n) is 8.13. The van der Waals surface area contributed by atoms with Crippen LogP contribution in [0.3, 0.4) is 0 Å². The summed E-state index contributed by atoms with van der Waals surface area (Å²) in [6.07, 6.45) is 15.5. The van der Waals surface area contributed by atoms with Gasteiger partial charge in [-0.15, -0.1) is 0 Å². The van der Waals surface area contributed by atoms with E-state index in [1.807, 2.05) is 13.8 Å². The van der Waals surface area contributed by atoms with Crippen LogP contribution < -0.4 is 0 Å². The van der Waals surface area contributed by atoms with Crippen molar-refractivity contribution in [1.29, 1.82) is 0 Å². The van der Waals surface area contributed by atoms with E-state index in [0.29, 0.717) is 0 Å². The standard InChI is InChI=1S/C17H28O3/c1-16-13-11-9-7-5-3-4-6-8-10-12-14-17(16,2)20-15(18)19-16/h9,11H,3-8,10,12-14H2,1-2H3/b11-9+/t16-,17+/m1/s1. The molecule has 2 aliphatic rings. The van der Waals surface area contributed by atoms with Crippen molar-refractivity contribution in [1.82, 2.24) is 0 Å². The number of ether oxygens (including phenoxy) is 2. The second-order valence-corrected chi connectivity index (χ2v) is 6.60. The van der Waals surface area contributed by atoms with Crippen molar-refractivity contribution in [3.8, 4) is 0 Å². The van der Waals surface area contributed by atoms with Crippen molar-refractivity contribution in [3.05, 3.63) is 12.2 Å². The van der Waals surface area contributed by atoms with Crippen LogP contribution >= 0.6 is 0 Å². The van der Waals surface area contributed by atoms with Crippen molar-refractivity contribution >= 4 is 6.16 Å². The Bertz CT molecular complexity index is 363. The molecule has 0 saturated carbocycles. The lowest BCUT2D eigenvalue weighted by Crippen LogP contribution is -2.47. The molecule has 0 aromatic rings. The summed E-state index contributed by atoms with van der Waals surface area (Å²) in [6, 6.07) is 0. The molecule has 0 amide bonds. The summed E-state index contributed by atoms with van der Waals surface area (Å²) in [4.78, 5) is 11.6. The van der Waals surface area contributed by atoms with Crippen LogP contribution in [0.4, 0.5) is 4.79 Å². The molecule has 1 heterocycles. The van der Waals surface area contributed by atoms with E-state index in [9.17, 15) is 4.79 Å². The maximum atomic E-state index is 11.6. The molecule has 0 radical (unpaired) electrons. The zero-order chi connectivity index (χ0) is 14.5. The van der Waals surface area contributed by atoms with Crippen LogP contribution in [0.5, 0.6) is 0 Å². The fourth-order valence-corrected chi connectivity index (χ4v) is 3.21. The third-order valence-electron chi connectivity index (χ3n) is 4.93. The fourth-order valence-electron chi connectivity index (χ4n) is 3.21. The van der Waals surface area contributed by atoms with Crippen LogP contribution in [-0.2, 0) is 9.47 Å². The Morgan fingerprint density at radius 1 is 0.850 bits per heavy atom. The highest BCUT2D eigenvalue weighted by Gasteiger charge is 2.55. The van der Waals surface area contributed by atoms with Gasteiger partial charge in [0.2, 0.25) is 0 Å². The topological polar surface area (TPSA) is 35.5 Å². The van der Waals surface area contributed by atoms with Crippen molar-refractivity contribution in [2.24, 2.45) is 0 Å². The Morgan fingerprint density at radius 2 is 1.45 bits per heavy atom. The molecule has 1 aliphatic heterocycles. The van der Waals surface area contributed by atoms with Crippen molar-refractivity contribution in [2.45, 2.75) is 89.3 Å². The van der Waals surface area contributed by atoms with Gasteiger partial charge >= 0.3 is 6.16 Å². The SMILES string of the molecule is C[C@@]12C/C=C/CCCCCCCCC[C@]1(C)OC(=O)O2. The summed E-state index contributed by atoms with van der Waals surface area (Å²) in [7, 11) is 0. The van der Waals surface area contributed by atoms with Crippen LogP contribution in [0.15, 0.2) is 12.2 Å². The Morgan fingerprint density at radius 3 is 2.20 bits per heavy atom. The van der Waals surface area contributed by atoms with E-state index in [0.717, 1.165) is 25.7 Å². The predicted molar refractivity (Wildman–Crippen MR) is 79.7 cm³/mol. The summed E-state index contributed by atoms with van der Waals surface area (Å²) in [5, 5.41) is 0. The fraction of sp³-hybridized carbons (Fsp3) is 0.824. The summed E-state index contributed by atoms with van der Waals surface area (Å²) < 4.78 is 11.0. The van der Waals surface area contributed by atoms with Gasteiger partial charge in [-0.1, -0.05) is 44.3 Å². The van der Waals surface area contributed by atoms with Crippen molar-refractivity contribution < 1.29 is 14.3 Å².